The number of amides is 1. The Kier molecular flexibility index (Phi) is 4.64. The van der Waals surface area contributed by atoms with E-state index >= 15 is 0 Å². The maximum atomic E-state index is 12.5. The predicted octanol–water partition coefficient (Wildman–Crippen LogP) is 5.08. The number of nitrogens with one attached hydrogen (secondary N) is 1. The molecule has 1 aliphatic heterocycles. The molecule has 1 saturated heterocycles. The molecule has 3 aromatic rings. The predicted molar refractivity (Wildman–Crippen MR) is 106 cm³/mol. The second-order valence-electron chi connectivity index (χ2n) is 6.28. The van der Waals surface area contributed by atoms with E-state index in [9.17, 15) is 4.79 Å². The van der Waals surface area contributed by atoms with Crippen LogP contribution in [0.4, 0.5) is 5.69 Å². The highest BCUT2D eigenvalue weighted by Crippen LogP contribution is 2.35. The Balaban J connectivity index is 1.43. The molecule has 0 aliphatic carbocycles. The normalized spacial score (nSPS) is 14.2. The molecule has 1 fully saturated rings. The van der Waals surface area contributed by atoms with Gasteiger partial charge in [-0.1, -0.05) is 41.9 Å². The SMILES string of the molecule is O=C(NCc1ccc(N2CCCC2)cc1)c1sc2ccccc2c1Cl. The van der Waals surface area contributed by atoms with E-state index < -0.39 is 0 Å². The number of fused-ring (bicyclic) bond motifs is 1. The number of carbonyl (C=O) groups excluding carboxylic acids is 1. The lowest BCUT2D eigenvalue weighted by atomic mass is 10.2. The number of halogens is 1. The van der Waals surface area contributed by atoms with Crippen LogP contribution in [0.25, 0.3) is 10.1 Å². The molecule has 0 saturated carbocycles. The van der Waals surface area contributed by atoms with Crippen LogP contribution in [0.5, 0.6) is 0 Å². The lowest BCUT2D eigenvalue weighted by Gasteiger charge is -2.17. The smallest absolute Gasteiger partial charge is 0.263 e. The molecule has 25 heavy (non-hydrogen) atoms. The second kappa shape index (κ2) is 7.06. The van der Waals surface area contributed by atoms with Crippen molar-refractivity contribution in [3.8, 4) is 0 Å². The number of carbonyl (C=O) groups is 1. The number of benzene rings is 2. The molecule has 1 aromatic heterocycles. The monoisotopic (exact) mass is 370 g/mol. The van der Waals surface area contributed by atoms with Gasteiger partial charge in [0.1, 0.15) is 4.88 Å². The summed E-state index contributed by atoms with van der Waals surface area (Å²) >= 11 is 7.81. The number of anilines is 1. The van der Waals surface area contributed by atoms with Crippen molar-refractivity contribution in [3.05, 3.63) is 64.0 Å². The zero-order chi connectivity index (χ0) is 17.2. The standard InChI is InChI=1S/C20H19ClN2OS/c21-18-16-5-1-2-6-17(16)25-19(18)20(24)22-13-14-7-9-15(10-8-14)23-11-3-4-12-23/h1-2,5-10H,3-4,11-13H2,(H,22,24). The average Bonchev–Trinajstić information content (AvgIpc) is 3.29. The summed E-state index contributed by atoms with van der Waals surface area (Å²) < 4.78 is 1.03. The molecular formula is C20H19ClN2OS. The first kappa shape index (κ1) is 16.4. The highest BCUT2D eigenvalue weighted by Gasteiger charge is 2.17. The highest BCUT2D eigenvalue weighted by molar-refractivity contribution is 7.21. The van der Waals surface area contributed by atoms with Crippen molar-refractivity contribution >= 4 is 44.6 Å². The van der Waals surface area contributed by atoms with E-state index in [4.69, 9.17) is 11.6 Å². The molecule has 0 radical (unpaired) electrons. The molecule has 3 nitrogen and oxygen atoms in total. The minimum atomic E-state index is -0.116. The number of thiophene rings is 1. The molecule has 1 N–H and O–H groups in total. The van der Waals surface area contributed by atoms with Crippen molar-refractivity contribution in [2.45, 2.75) is 19.4 Å². The fourth-order valence-electron chi connectivity index (χ4n) is 3.22. The largest absolute Gasteiger partial charge is 0.372 e. The number of hydrogen-bond acceptors (Lipinski definition) is 3. The maximum absolute atomic E-state index is 12.5. The van der Waals surface area contributed by atoms with Gasteiger partial charge in [0.2, 0.25) is 0 Å². The van der Waals surface area contributed by atoms with Crippen LogP contribution in [-0.4, -0.2) is 19.0 Å². The van der Waals surface area contributed by atoms with E-state index in [1.54, 1.807) is 0 Å². The number of rotatable bonds is 4. The zero-order valence-corrected chi connectivity index (χ0v) is 15.4. The van der Waals surface area contributed by atoms with Crippen molar-refractivity contribution < 1.29 is 4.79 Å². The van der Waals surface area contributed by atoms with Crippen molar-refractivity contribution in [3.63, 3.8) is 0 Å². The summed E-state index contributed by atoms with van der Waals surface area (Å²) in [7, 11) is 0. The van der Waals surface area contributed by atoms with Crippen LogP contribution in [0.3, 0.4) is 0 Å². The fourth-order valence-corrected chi connectivity index (χ4v) is 4.66. The average molecular weight is 371 g/mol. The van der Waals surface area contributed by atoms with Gasteiger partial charge in [0.05, 0.1) is 5.02 Å². The summed E-state index contributed by atoms with van der Waals surface area (Å²) in [6.45, 7) is 2.78. The van der Waals surface area contributed by atoms with Gasteiger partial charge in [-0.2, -0.15) is 0 Å². The molecule has 5 heteroatoms. The van der Waals surface area contributed by atoms with E-state index in [1.165, 1.54) is 29.9 Å². The molecule has 128 valence electrons. The summed E-state index contributed by atoms with van der Waals surface area (Å²) in [6, 6.07) is 16.3. The summed E-state index contributed by atoms with van der Waals surface area (Å²) in [6.07, 6.45) is 2.54. The lowest BCUT2D eigenvalue weighted by molar-refractivity contribution is 0.0955. The topological polar surface area (TPSA) is 32.3 Å². The molecule has 0 unspecified atom stereocenters. The summed E-state index contributed by atoms with van der Waals surface area (Å²) in [4.78, 5) is 15.5. The van der Waals surface area contributed by atoms with Crippen LogP contribution in [0.1, 0.15) is 28.1 Å². The van der Waals surface area contributed by atoms with E-state index in [-0.39, 0.29) is 5.91 Å². The van der Waals surface area contributed by atoms with Gasteiger partial charge in [-0.25, -0.2) is 0 Å². The van der Waals surface area contributed by atoms with Gasteiger partial charge in [-0.15, -0.1) is 11.3 Å². The van der Waals surface area contributed by atoms with Gasteiger partial charge < -0.3 is 10.2 Å². The molecule has 2 heterocycles. The van der Waals surface area contributed by atoms with E-state index in [1.807, 2.05) is 24.3 Å². The lowest BCUT2D eigenvalue weighted by Crippen LogP contribution is -2.22. The van der Waals surface area contributed by atoms with Gasteiger partial charge in [0.15, 0.2) is 0 Å². The van der Waals surface area contributed by atoms with Gasteiger partial charge in [-0.05, 0) is 36.6 Å². The molecule has 1 aliphatic rings. The first-order valence-electron chi connectivity index (χ1n) is 8.51. The first-order valence-corrected chi connectivity index (χ1v) is 9.71. The van der Waals surface area contributed by atoms with Gasteiger partial charge >= 0.3 is 0 Å². The van der Waals surface area contributed by atoms with Crippen LogP contribution in [0, 0.1) is 0 Å². The minimum Gasteiger partial charge on any atom is -0.372 e. The highest BCUT2D eigenvalue weighted by atomic mass is 35.5. The van der Waals surface area contributed by atoms with Crippen LogP contribution in [0.2, 0.25) is 5.02 Å². The molecule has 4 rings (SSSR count). The van der Waals surface area contributed by atoms with E-state index in [2.05, 4.69) is 34.5 Å². The van der Waals surface area contributed by atoms with Gasteiger partial charge in [0, 0.05) is 35.4 Å². The second-order valence-corrected chi connectivity index (χ2v) is 7.71. The molecule has 0 atom stereocenters. The molecule has 0 spiro atoms. The Labute approximate surface area is 156 Å². The molecule has 1 amide bonds. The quantitative estimate of drug-likeness (QED) is 0.694. The first-order chi connectivity index (χ1) is 12.2. The van der Waals surface area contributed by atoms with Crippen LogP contribution in [-0.2, 0) is 6.54 Å². The Morgan fingerprint density at radius 3 is 2.52 bits per heavy atom. The van der Waals surface area contributed by atoms with Crippen molar-refractivity contribution in [2.24, 2.45) is 0 Å². The molecular weight excluding hydrogens is 352 g/mol. The zero-order valence-electron chi connectivity index (χ0n) is 13.8. The summed E-state index contributed by atoms with van der Waals surface area (Å²) in [5, 5.41) is 4.46. The number of hydrogen-bond donors (Lipinski definition) is 1. The van der Waals surface area contributed by atoms with Gasteiger partial charge in [0.25, 0.3) is 5.91 Å². The van der Waals surface area contributed by atoms with Crippen molar-refractivity contribution in [1.82, 2.24) is 5.32 Å². The third-order valence-electron chi connectivity index (χ3n) is 4.60. The third-order valence-corrected chi connectivity index (χ3v) is 6.28. The Bertz CT molecular complexity index is 898. The van der Waals surface area contributed by atoms with Crippen molar-refractivity contribution in [1.29, 1.82) is 0 Å². The van der Waals surface area contributed by atoms with E-state index in [0.29, 0.717) is 16.4 Å². The Hall–Kier alpha value is -2.04. The summed E-state index contributed by atoms with van der Waals surface area (Å²) in [5.74, 6) is -0.116. The fraction of sp³-hybridized carbons (Fsp3) is 0.250. The number of nitrogens with zero attached hydrogens (tertiary/aromatic N) is 1. The van der Waals surface area contributed by atoms with Crippen LogP contribution >= 0.6 is 22.9 Å². The maximum Gasteiger partial charge on any atom is 0.263 e. The Morgan fingerprint density at radius 1 is 1.08 bits per heavy atom. The Morgan fingerprint density at radius 2 is 1.80 bits per heavy atom. The molecule has 2 aromatic carbocycles. The summed E-state index contributed by atoms with van der Waals surface area (Å²) in [5.41, 5.74) is 2.36. The third kappa shape index (κ3) is 3.37. The van der Waals surface area contributed by atoms with E-state index in [0.717, 1.165) is 28.7 Å². The minimum absolute atomic E-state index is 0.116. The van der Waals surface area contributed by atoms with Gasteiger partial charge in [-0.3, -0.25) is 4.79 Å². The molecule has 0 bridgehead atoms. The van der Waals surface area contributed by atoms with Crippen molar-refractivity contribution in [2.75, 3.05) is 18.0 Å². The van der Waals surface area contributed by atoms with Crippen LogP contribution < -0.4 is 10.2 Å². The van der Waals surface area contributed by atoms with Crippen LogP contribution in [0.15, 0.2) is 48.5 Å².